The number of fused-ring (bicyclic) bond motifs is 8. The number of nitrogens with zero attached hydrogens (tertiary/aromatic N) is 4. The average Bonchev–Trinajstić information content (AvgIpc) is 3.95. The van der Waals surface area contributed by atoms with Crippen LogP contribution in [0.3, 0.4) is 0 Å². The van der Waals surface area contributed by atoms with Crippen LogP contribution in [0.4, 0.5) is 0 Å². The van der Waals surface area contributed by atoms with Crippen LogP contribution in [-0.2, 0) is 0 Å². The molecule has 11 aromatic rings. The minimum Gasteiger partial charge on any atom is -0.436 e. The fourth-order valence-corrected chi connectivity index (χ4v) is 7.51. The Labute approximate surface area is 285 Å². The fraction of sp³-hybridized carbons (Fsp3) is 0. The molecule has 0 aliphatic rings. The lowest BCUT2D eigenvalue weighted by Gasteiger charge is -2.12. The fourth-order valence-electron chi connectivity index (χ4n) is 7.51. The zero-order valence-corrected chi connectivity index (χ0v) is 26.6. The molecule has 0 aliphatic heterocycles. The van der Waals surface area contributed by atoms with Crippen LogP contribution in [0.2, 0.25) is 0 Å². The minimum atomic E-state index is 0.626. The van der Waals surface area contributed by atoms with Crippen LogP contribution in [0.1, 0.15) is 0 Å². The first-order valence-electron chi connectivity index (χ1n) is 16.7. The van der Waals surface area contributed by atoms with Crippen molar-refractivity contribution in [3.8, 4) is 34.3 Å². The van der Waals surface area contributed by atoms with E-state index in [-0.39, 0.29) is 0 Å². The molecule has 4 aromatic heterocycles. The Bertz CT molecular complexity index is 2830. The Balaban J connectivity index is 1.03. The number of aromatic nitrogens is 4. The van der Waals surface area contributed by atoms with Gasteiger partial charge < -0.3 is 18.0 Å². The predicted molar refractivity (Wildman–Crippen MR) is 201 cm³/mol. The Morgan fingerprint density at radius 3 is 1.22 bits per heavy atom. The van der Waals surface area contributed by atoms with Crippen molar-refractivity contribution in [2.24, 2.45) is 0 Å². The largest absolute Gasteiger partial charge is 0.436 e. The van der Waals surface area contributed by atoms with E-state index in [0.29, 0.717) is 11.8 Å². The molecule has 234 valence electrons. The van der Waals surface area contributed by atoms with E-state index in [1.165, 1.54) is 10.8 Å². The van der Waals surface area contributed by atoms with Gasteiger partial charge in [-0.05, 0) is 97.1 Å². The topological polar surface area (TPSA) is 61.9 Å². The maximum Gasteiger partial charge on any atom is 0.227 e. The first-order valence-corrected chi connectivity index (χ1v) is 16.7. The molecular weight excluding hydrogens is 617 g/mol. The highest BCUT2D eigenvalue weighted by molar-refractivity contribution is 6.11. The van der Waals surface area contributed by atoms with Gasteiger partial charge in [-0.1, -0.05) is 60.7 Å². The second-order valence-corrected chi connectivity index (χ2v) is 12.7. The van der Waals surface area contributed by atoms with Crippen molar-refractivity contribution in [3.05, 3.63) is 158 Å². The molecule has 0 spiro atoms. The van der Waals surface area contributed by atoms with Crippen molar-refractivity contribution < 1.29 is 8.83 Å². The molecule has 0 atom stereocenters. The highest BCUT2D eigenvalue weighted by atomic mass is 16.4. The van der Waals surface area contributed by atoms with Crippen molar-refractivity contribution in [1.29, 1.82) is 0 Å². The van der Waals surface area contributed by atoms with E-state index in [0.717, 1.165) is 77.5 Å². The third kappa shape index (κ3) is 3.96. The third-order valence-electron chi connectivity index (χ3n) is 9.79. The minimum absolute atomic E-state index is 0.626. The van der Waals surface area contributed by atoms with Gasteiger partial charge in [-0.3, -0.25) is 0 Å². The predicted octanol–water partition coefficient (Wildman–Crippen LogP) is 11.5. The van der Waals surface area contributed by atoms with Crippen LogP contribution >= 0.6 is 0 Å². The average molecular weight is 643 g/mol. The van der Waals surface area contributed by atoms with E-state index in [9.17, 15) is 0 Å². The summed E-state index contributed by atoms with van der Waals surface area (Å²) in [5, 5.41) is 4.67. The molecule has 0 N–H and O–H groups in total. The Morgan fingerprint density at radius 1 is 0.360 bits per heavy atom. The number of oxazole rings is 2. The summed E-state index contributed by atoms with van der Waals surface area (Å²) < 4.78 is 16.9. The SMILES string of the molecule is c1ccc2oc(-c3ccc4c(c3)c3ccccc3n4-c3ccc(-n4c5ccccc5c5cc(-c6nc7ccccc7o6)ccc54)cc3)nc2c1. The lowest BCUT2D eigenvalue weighted by Crippen LogP contribution is -1.97. The normalized spacial score (nSPS) is 12.0. The van der Waals surface area contributed by atoms with Gasteiger partial charge in [0, 0.05) is 44.0 Å². The summed E-state index contributed by atoms with van der Waals surface area (Å²) in [5.74, 6) is 1.25. The quantitative estimate of drug-likeness (QED) is 0.192. The number of para-hydroxylation sites is 6. The number of hydrogen-bond donors (Lipinski definition) is 0. The lowest BCUT2D eigenvalue weighted by atomic mass is 10.1. The van der Waals surface area contributed by atoms with Gasteiger partial charge in [0.2, 0.25) is 11.8 Å². The number of benzene rings is 7. The van der Waals surface area contributed by atoms with Crippen LogP contribution in [-0.4, -0.2) is 19.1 Å². The molecule has 7 aromatic carbocycles. The molecular formula is C44H26N4O2. The number of hydrogen-bond acceptors (Lipinski definition) is 4. The highest BCUT2D eigenvalue weighted by Crippen LogP contribution is 2.38. The van der Waals surface area contributed by atoms with Gasteiger partial charge in [-0.15, -0.1) is 0 Å². The van der Waals surface area contributed by atoms with E-state index in [2.05, 4.69) is 118 Å². The maximum absolute atomic E-state index is 6.13. The van der Waals surface area contributed by atoms with Gasteiger partial charge >= 0.3 is 0 Å². The summed E-state index contributed by atoms with van der Waals surface area (Å²) in [6, 6.07) is 54.7. The molecule has 11 rings (SSSR count). The van der Waals surface area contributed by atoms with Gasteiger partial charge in [0.15, 0.2) is 11.2 Å². The van der Waals surface area contributed by atoms with Gasteiger partial charge in [0.25, 0.3) is 0 Å². The van der Waals surface area contributed by atoms with Crippen LogP contribution < -0.4 is 0 Å². The second-order valence-electron chi connectivity index (χ2n) is 12.7. The molecule has 0 amide bonds. The summed E-state index contributed by atoms with van der Waals surface area (Å²) in [4.78, 5) is 9.52. The van der Waals surface area contributed by atoms with Crippen LogP contribution in [0.25, 0.3) is 100 Å². The van der Waals surface area contributed by atoms with Gasteiger partial charge in [0.05, 0.1) is 22.1 Å². The van der Waals surface area contributed by atoms with Gasteiger partial charge in [0.1, 0.15) is 11.0 Å². The number of rotatable bonds is 4. The van der Waals surface area contributed by atoms with E-state index < -0.39 is 0 Å². The molecule has 0 saturated carbocycles. The molecule has 0 aliphatic carbocycles. The van der Waals surface area contributed by atoms with Crippen LogP contribution in [0.15, 0.2) is 167 Å². The van der Waals surface area contributed by atoms with E-state index >= 15 is 0 Å². The molecule has 0 fully saturated rings. The Morgan fingerprint density at radius 2 is 0.760 bits per heavy atom. The molecule has 0 unspecified atom stereocenters. The zero-order chi connectivity index (χ0) is 32.8. The van der Waals surface area contributed by atoms with Gasteiger partial charge in [-0.25, -0.2) is 9.97 Å². The third-order valence-corrected chi connectivity index (χ3v) is 9.79. The van der Waals surface area contributed by atoms with E-state index in [1.807, 2.05) is 48.5 Å². The maximum atomic E-state index is 6.13. The van der Waals surface area contributed by atoms with Gasteiger partial charge in [-0.2, -0.15) is 0 Å². The van der Waals surface area contributed by atoms with Crippen molar-refractivity contribution in [2.45, 2.75) is 0 Å². The highest BCUT2D eigenvalue weighted by Gasteiger charge is 2.18. The Hall–Kier alpha value is -6.92. The first kappa shape index (κ1) is 27.1. The van der Waals surface area contributed by atoms with Crippen LogP contribution in [0.5, 0.6) is 0 Å². The van der Waals surface area contributed by atoms with Crippen molar-refractivity contribution in [1.82, 2.24) is 19.1 Å². The summed E-state index contributed by atoms with van der Waals surface area (Å²) in [6.07, 6.45) is 0. The van der Waals surface area contributed by atoms with Crippen molar-refractivity contribution in [3.63, 3.8) is 0 Å². The lowest BCUT2D eigenvalue weighted by molar-refractivity contribution is 0.619. The first-order chi connectivity index (χ1) is 24.8. The molecule has 4 heterocycles. The summed E-state index contributed by atoms with van der Waals surface area (Å²) >= 11 is 0. The molecule has 0 bridgehead atoms. The van der Waals surface area contributed by atoms with E-state index in [1.54, 1.807) is 0 Å². The monoisotopic (exact) mass is 642 g/mol. The molecule has 50 heavy (non-hydrogen) atoms. The van der Waals surface area contributed by atoms with Crippen LogP contribution in [0, 0.1) is 0 Å². The summed E-state index contributed by atoms with van der Waals surface area (Å²) in [6.45, 7) is 0. The molecule has 6 nitrogen and oxygen atoms in total. The molecule has 6 heteroatoms. The van der Waals surface area contributed by atoms with E-state index in [4.69, 9.17) is 18.8 Å². The molecule has 0 saturated heterocycles. The molecule has 0 radical (unpaired) electrons. The smallest absolute Gasteiger partial charge is 0.227 e. The standard InChI is InChI=1S/C44H26N4O2/c1-5-13-37-31(9-1)33-25-27(43-45-35-11-3-7-15-41(35)49-43)17-23-39(33)47(37)29-19-21-30(22-20-29)48-38-14-6-2-10-32(38)34-26-28(18-24-40(34)48)44-46-36-12-4-8-16-42(36)50-44/h1-26H. The second kappa shape index (κ2) is 10.3. The summed E-state index contributed by atoms with van der Waals surface area (Å²) in [7, 11) is 0. The van der Waals surface area contributed by atoms with Crippen molar-refractivity contribution in [2.75, 3.05) is 0 Å². The Kier molecular flexibility index (Phi) is 5.57. The summed E-state index contributed by atoms with van der Waals surface area (Å²) in [5.41, 5.74) is 11.9. The zero-order valence-electron chi connectivity index (χ0n) is 26.6. The van der Waals surface area contributed by atoms with Crippen molar-refractivity contribution >= 4 is 65.8 Å².